The van der Waals surface area contributed by atoms with E-state index in [9.17, 15) is 9.90 Å². The summed E-state index contributed by atoms with van der Waals surface area (Å²) in [6.07, 6.45) is 1.53. The lowest BCUT2D eigenvalue weighted by atomic mass is 9.98. The third-order valence-electron chi connectivity index (χ3n) is 3.90. The van der Waals surface area contributed by atoms with Gasteiger partial charge in [0.1, 0.15) is 11.3 Å². The fraction of sp³-hybridized carbons (Fsp3) is 0.188. The predicted octanol–water partition coefficient (Wildman–Crippen LogP) is 2.46. The summed E-state index contributed by atoms with van der Waals surface area (Å²) >= 11 is 0. The normalized spacial score (nSPS) is 11.0. The minimum absolute atomic E-state index is 0.0111. The van der Waals surface area contributed by atoms with E-state index in [1.807, 2.05) is 6.92 Å². The Kier molecular flexibility index (Phi) is 3.09. The highest BCUT2D eigenvalue weighted by atomic mass is 16.4. The number of nitrogens with two attached hydrogens (primary N) is 1. The van der Waals surface area contributed by atoms with Crippen LogP contribution in [0.1, 0.15) is 16.7 Å². The number of aromatic hydroxyl groups is 1. The molecule has 0 amide bonds. The molecule has 6 heteroatoms. The maximum absolute atomic E-state index is 11.8. The van der Waals surface area contributed by atoms with Crippen LogP contribution in [0.25, 0.3) is 22.2 Å². The summed E-state index contributed by atoms with van der Waals surface area (Å²) < 4.78 is 5.33. The van der Waals surface area contributed by atoms with Crippen molar-refractivity contribution in [3.63, 3.8) is 0 Å². The minimum Gasteiger partial charge on any atom is -0.507 e. The fourth-order valence-corrected chi connectivity index (χ4v) is 2.44. The maximum atomic E-state index is 11.8. The summed E-state index contributed by atoms with van der Waals surface area (Å²) in [5.74, 6) is 0.138. The molecule has 3 rings (SSSR count). The first-order valence-electron chi connectivity index (χ1n) is 6.75. The lowest BCUT2D eigenvalue weighted by molar-refractivity contribution is 0.469. The van der Waals surface area contributed by atoms with Crippen molar-refractivity contribution in [2.45, 2.75) is 20.8 Å². The molecule has 112 valence electrons. The molecule has 0 atom stereocenters. The summed E-state index contributed by atoms with van der Waals surface area (Å²) in [5, 5.41) is 11.2. The van der Waals surface area contributed by atoms with Crippen LogP contribution in [0, 0.1) is 20.8 Å². The molecule has 22 heavy (non-hydrogen) atoms. The van der Waals surface area contributed by atoms with Crippen LogP contribution in [0.2, 0.25) is 0 Å². The van der Waals surface area contributed by atoms with E-state index < -0.39 is 5.63 Å². The van der Waals surface area contributed by atoms with Gasteiger partial charge in [-0.3, -0.25) is 0 Å². The molecular weight excluding hydrogens is 282 g/mol. The Bertz CT molecular complexity index is 961. The Morgan fingerprint density at radius 2 is 1.91 bits per heavy atom. The van der Waals surface area contributed by atoms with Crippen molar-refractivity contribution in [3.05, 3.63) is 45.4 Å². The van der Waals surface area contributed by atoms with Crippen LogP contribution in [-0.4, -0.2) is 15.1 Å². The first-order valence-corrected chi connectivity index (χ1v) is 6.75. The van der Waals surface area contributed by atoms with Crippen molar-refractivity contribution >= 4 is 16.9 Å². The summed E-state index contributed by atoms with van der Waals surface area (Å²) in [6.45, 7) is 5.26. The number of benzene rings is 1. The molecule has 0 bridgehead atoms. The van der Waals surface area contributed by atoms with Crippen LogP contribution in [0.15, 0.2) is 27.5 Å². The third-order valence-corrected chi connectivity index (χ3v) is 3.90. The molecule has 6 nitrogen and oxygen atoms in total. The molecule has 3 aromatic rings. The first kappa shape index (κ1) is 14.1. The van der Waals surface area contributed by atoms with E-state index in [1.165, 1.54) is 6.20 Å². The SMILES string of the molecule is Cc1c(C)c2cc(-c3ccnc(N)n3)c(O)c(C)c2oc1=O. The number of anilines is 1. The van der Waals surface area contributed by atoms with Gasteiger partial charge in [-0.05, 0) is 38.5 Å². The van der Waals surface area contributed by atoms with Gasteiger partial charge in [0, 0.05) is 28.3 Å². The molecule has 0 fully saturated rings. The molecule has 0 spiro atoms. The van der Waals surface area contributed by atoms with Crippen LogP contribution >= 0.6 is 0 Å². The molecule has 2 heterocycles. The van der Waals surface area contributed by atoms with Gasteiger partial charge in [0.15, 0.2) is 0 Å². The number of aromatic nitrogens is 2. The molecule has 0 radical (unpaired) electrons. The molecule has 0 saturated heterocycles. The Balaban J connectivity index is 2.43. The lowest BCUT2D eigenvalue weighted by Gasteiger charge is -2.12. The first-order chi connectivity index (χ1) is 10.4. The molecule has 3 N–H and O–H groups in total. The predicted molar refractivity (Wildman–Crippen MR) is 83.8 cm³/mol. The van der Waals surface area contributed by atoms with Gasteiger partial charge in [-0.1, -0.05) is 0 Å². The lowest BCUT2D eigenvalue weighted by Crippen LogP contribution is -2.06. The summed E-state index contributed by atoms with van der Waals surface area (Å²) in [5.41, 5.74) is 8.49. The average Bonchev–Trinajstić information content (AvgIpc) is 2.49. The number of phenolic OH excluding ortho intramolecular Hbond substituents is 1. The molecule has 1 aromatic carbocycles. The molecule has 2 aromatic heterocycles. The second-order valence-electron chi connectivity index (χ2n) is 5.21. The van der Waals surface area contributed by atoms with Gasteiger partial charge in [0.05, 0.1) is 5.69 Å². The third kappa shape index (κ3) is 2.00. The Hall–Kier alpha value is -2.89. The summed E-state index contributed by atoms with van der Waals surface area (Å²) in [6, 6.07) is 3.42. The molecule has 0 aliphatic carbocycles. The van der Waals surface area contributed by atoms with Crippen LogP contribution in [0.5, 0.6) is 5.75 Å². The highest BCUT2D eigenvalue weighted by Gasteiger charge is 2.17. The Morgan fingerprint density at radius 1 is 1.18 bits per heavy atom. The van der Waals surface area contributed by atoms with Gasteiger partial charge in [-0.2, -0.15) is 0 Å². The van der Waals surface area contributed by atoms with Gasteiger partial charge in [0.25, 0.3) is 0 Å². The Morgan fingerprint density at radius 3 is 2.59 bits per heavy atom. The smallest absolute Gasteiger partial charge is 0.339 e. The zero-order valence-corrected chi connectivity index (χ0v) is 12.5. The Labute approximate surface area is 126 Å². The van der Waals surface area contributed by atoms with Gasteiger partial charge < -0.3 is 15.3 Å². The number of hydrogen-bond donors (Lipinski definition) is 2. The fourth-order valence-electron chi connectivity index (χ4n) is 2.44. The highest BCUT2D eigenvalue weighted by Crippen LogP contribution is 2.37. The van der Waals surface area contributed by atoms with Crippen LogP contribution < -0.4 is 11.4 Å². The molecule has 0 unspecified atom stereocenters. The van der Waals surface area contributed by atoms with Crippen molar-refractivity contribution in [1.82, 2.24) is 9.97 Å². The molecule has 0 aliphatic rings. The highest BCUT2D eigenvalue weighted by molar-refractivity contribution is 5.91. The second kappa shape index (κ2) is 4.84. The van der Waals surface area contributed by atoms with Crippen molar-refractivity contribution in [2.75, 3.05) is 5.73 Å². The van der Waals surface area contributed by atoms with E-state index in [2.05, 4.69) is 9.97 Å². The number of fused-ring (bicyclic) bond motifs is 1. The second-order valence-corrected chi connectivity index (χ2v) is 5.21. The van der Waals surface area contributed by atoms with Crippen molar-refractivity contribution in [2.24, 2.45) is 0 Å². The maximum Gasteiger partial charge on any atom is 0.339 e. The quantitative estimate of drug-likeness (QED) is 0.669. The van der Waals surface area contributed by atoms with E-state index in [4.69, 9.17) is 10.2 Å². The largest absolute Gasteiger partial charge is 0.507 e. The number of aryl methyl sites for hydroxylation is 2. The van der Waals surface area contributed by atoms with Gasteiger partial charge in [0.2, 0.25) is 5.95 Å². The zero-order chi connectivity index (χ0) is 16.0. The minimum atomic E-state index is -0.397. The van der Waals surface area contributed by atoms with E-state index in [0.717, 1.165) is 10.9 Å². The van der Waals surface area contributed by atoms with Gasteiger partial charge in [-0.15, -0.1) is 0 Å². The van der Waals surface area contributed by atoms with E-state index in [-0.39, 0.29) is 11.7 Å². The number of rotatable bonds is 1. The average molecular weight is 297 g/mol. The molecular formula is C16H15N3O3. The number of phenols is 1. The number of nitrogen functional groups attached to an aromatic ring is 1. The van der Waals surface area contributed by atoms with E-state index >= 15 is 0 Å². The van der Waals surface area contributed by atoms with Crippen molar-refractivity contribution in [1.29, 1.82) is 0 Å². The molecule has 0 saturated carbocycles. The standard InChI is InChI=1S/C16H15N3O3/c1-7-8(2)15(21)22-14-9(3)13(20)11(6-10(7)14)12-4-5-18-16(17)19-12/h4-6,20H,1-3H3,(H2,17,18,19). The van der Waals surface area contributed by atoms with E-state index in [0.29, 0.717) is 28.0 Å². The molecule has 0 aliphatic heterocycles. The van der Waals surface area contributed by atoms with Gasteiger partial charge in [-0.25, -0.2) is 14.8 Å². The zero-order valence-electron chi connectivity index (χ0n) is 12.5. The number of nitrogens with zero attached hydrogens (tertiary/aromatic N) is 2. The van der Waals surface area contributed by atoms with Crippen LogP contribution in [0.4, 0.5) is 5.95 Å². The topological polar surface area (TPSA) is 102 Å². The summed E-state index contributed by atoms with van der Waals surface area (Å²) in [4.78, 5) is 19.8. The monoisotopic (exact) mass is 297 g/mol. The summed E-state index contributed by atoms with van der Waals surface area (Å²) in [7, 11) is 0. The number of hydrogen-bond acceptors (Lipinski definition) is 6. The van der Waals surface area contributed by atoms with Crippen molar-refractivity contribution < 1.29 is 9.52 Å². The van der Waals surface area contributed by atoms with E-state index in [1.54, 1.807) is 26.0 Å². The van der Waals surface area contributed by atoms with Gasteiger partial charge >= 0.3 is 5.63 Å². The van der Waals surface area contributed by atoms with Crippen LogP contribution in [-0.2, 0) is 0 Å². The van der Waals surface area contributed by atoms with Crippen LogP contribution in [0.3, 0.4) is 0 Å². The van der Waals surface area contributed by atoms with Crippen molar-refractivity contribution in [3.8, 4) is 17.0 Å².